The van der Waals surface area contributed by atoms with Crippen LogP contribution in [0.2, 0.25) is 0 Å². The molecule has 0 atom stereocenters. The highest BCUT2D eigenvalue weighted by atomic mass is 16.5. The summed E-state index contributed by atoms with van der Waals surface area (Å²) in [6.45, 7) is 5.08. The smallest absolute Gasteiger partial charge is 0.318 e. The van der Waals surface area contributed by atoms with Crippen LogP contribution in [0, 0.1) is 5.92 Å². The molecule has 0 bridgehead atoms. The second kappa shape index (κ2) is 10.5. The number of ether oxygens (including phenoxy) is 3. The van der Waals surface area contributed by atoms with Gasteiger partial charge in [0.15, 0.2) is 0 Å². The number of rotatable bonds is 11. The van der Waals surface area contributed by atoms with E-state index in [1.165, 1.54) is 0 Å². The summed E-state index contributed by atoms with van der Waals surface area (Å²) < 4.78 is 15.6. The van der Waals surface area contributed by atoms with Crippen molar-refractivity contribution in [3.8, 4) is 0 Å². The summed E-state index contributed by atoms with van der Waals surface area (Å²) >= 11 is 0. The van der Waals surface area contributed by atoms with E-state index in [4.69, 9.17) is 14.2 Å². The lowest BCUT2D eigenvalue weighted by molar-refractivity contribution is -0.131. The maximum atomic E-state index is 12.0. The number of methoxy groups -OCH3 is 1. The maximum Gasteiger partial charge on any atom is 0.318 e. The Morgan fingerprint density at radius 1 is 1.00 bits per heavy atom. The fourth-order valence-corrected chi connectivity index (χ4v) is 2.47. The number of hydrogen-bond acceptors (Lipinski definition) is 5. The van der Waals surface area contributed by atoms with Crippen molar-refractivity contribution in [3.63, 3.8) is 0 Å². The molecule has 0 radical (unpaired) electrons. The van der Waals surface area contributed by atoms with Gasteiger partial charge < -0.3 is 29.3 Å². The molecular weight excluding hydrogens is 314 g/mol. The van der Waals surface area contributed by atoms with Gasteiger partial charge in [-0.15, -0.1) is 0 Å². The average Bonchev–Trinajstić information content (AvgIpc) is 3.32. The number of amides is 3. The number of nitrogens with one attached hydrogen (secondary N) is 1. The molecule has 1 N–H and O–H groups in total. The Morgan fingerprint density at radius 3 is 2.38 bits per heavy atom. The summed E-state index contributed by atoms with van der Waals surface area (Å²) in [6.07, 6.45) is 2.75. The van der Waals surface area contributed by atoms with Crippen molar-refractivity contribution in [3.05, 3.63) is 0 Å². The fraction of sp³-hybridized carbons (Fsp3) is 0.875. The van der Waals surface area contributed by atoms with Crippen LogP contribution in [0.15, 0.2) is 0 Å². The summed E-state index contributed by atoms with van der Waals surface area (Å²) in [6, 6.07) is -0.107. The van der Waals surface area contributed by atoms with E-state index in [0.29, 0.717) is 59.3 Å². The van der Waals surface area contributed by atoms with Crippen LogP contribution < -0.4 is 5.32 Å². The first-order chi connectivity index (χ1) is 11.7. The van der Waals surface area contributed by atoms with Crippen molar-refractivity contribution in [1.82, 2.24) is 15.1 Å². The van der Waals surface area contributed by atoms with Gasteiger partial charge >= 0.3 is 6.03 Å². The second-order valence-electron chi connectivity index (χ2n) is 6.08. The SMILES string of the molecule is COCCOCCOCCCNC(=O)N1CCN(C(=O)C2CC2)C1. The van der Waals surface area contributed by atoms with Crippen molar-refractivity contribution in [1.29, 1.82) is 0 Å². The maximum absolute atomic E-state index is 12.0. The normalized spacial score (nSPS) is 17.4. The highest BCUT2D eigenvalue weighted by Crippen LogP contribution is 2.31. The predicted molar refractivity (Wildman–Crippen MR) is 87.5 cm³/mol. The van der Waals surface area contributed by atoms with Crippen LogP contribution in [0.25, 0.3) is 0 Å². The van der Waals surface area contributed by atoms with Gasteiger partial charge in [0.1, 0.15) is 0 Å². The van der Waals surface area contributed by atoms with Gasteiger partial charge in [-0.2, -0.15) is 0 Å². The minimum atomic E-state index is -0.107. The number of urea groups is 1. The molecule has 0 aromatic heterocycles. The third-order valence-electron chi connectivity index (χ3n) is 4.05. The summed E-state index contributed by atoms with van der Waals surface area (Å²) in [5, 5.41) is 2.87. The third kappa shape index (κ3) is 6.62. The second-order valence-corrected chi connectivity index (χ2v) is 6.08. The molecule has 1 saturated heterocycles. The quantitative estimate of drug-likeness (QED) is 0.545. The summed E-state index contributed by atoms with van der Waals surface area (Å²) in [7, 11) is 1.64. The Labute approximate surface area is 143 Å². The van der Waals surface area contributed by atoms with Crippen molar-refractivity contribution in [2.45, 2.75) is 19.3 Å². The standard InChI is InChI=1S/C16H29N3O5/c1-22-9-10-24-12-11-23-8-2-5-17-16(21)19-7-6-18(13-19)15(20)14-3-4-14/h14H,2-13H2,1H3,(H,17,21). The van der Waals surface area contributed by atoms with E-state index in [1.54, 1.807) is 16.9 Å². The van der Waals surface area contributed by atoms with Gasteiger partial charge in [-0.05, 0) is 19.3 Å². The molecular formula is C16H29N3O5. The van der Waals surface area contributed by atoms with Crippen LogP contribution in [-0.4, -0.2) is 88.2 Å². The predicted octanol–water partition coefficient (Wildman–Crippen LogP) is 0.277. The summed E-state index contributed by atoms with van der Waals surface area (Å²) in [5.41, 5.74) is 0. The lowest BCUT2D eigenvalue weighted by atomic mass is 10.4. The molecule has 1 aliphatic heterocycles. The van der Waals surface area contributed by atoms with Crippen molar-refractivity contribution < 1.29 is 23.8 Å². The van der Waals surface area contributed by atoms with Crippen LogP contribution in [0.1, 0.15) is 19.3 Å². The van der Waals surface area contributed by atoms with E-state index in [9.17, 15) is 9.59 Å². The fourth-order valence-electron chi connectivity index (χ4n) is 2.47. The van der Waals surface area contributed by atoms with E-state index in [2.05, 4.69) is 5.32 Å². The van der Waals surface area contributed by atoms with Gasteiger partial charge in [0.25, 0.3) is 0 Å². The minimum Gasteiger partial charge on any atom is -0.382 e. The van der Waals surface area contributed by atoms with Crippen molar-refractivity contribution >= 4 is 11.9 Å². The summed E-state index contributed by atoms with van der Waals surface area (Å²) in [4.78, 5) is 27.5. The highest BCUT2D eigenvalue weighted by Gasteiger charge is 2.36. The van der Waals surface area contributed by atoms with E-state index in [-0.39, 0.29) is 17.9 Å². The number of carbonyl (C=O) groups is 2. The number of carbonyl (C=O) groups excluding carboxylic acids is 2. The van der Waals surface area contributed by atoms with Crippen LogP contribution in [0.3, 0.4) is 0 Å². The molecule has 24 heavy (non-hydrogen) atoms. The molecule has 1 saturated carbocycles. The first kappa shape index (κ1) is 19.0. The van der Waals surface area contributed by atoms with Crippen LogP contribution in [0.4, 0.5) is 4.79 Å². The molecule has 2 aliphatic rings. The molecule has 2 fully saturated rings. The average molecular weight is 343 g/mol. The van der Waals surface area contributed by atoms with E-state index in [0.717, 1.165) is 19.3 Å². The number of nitrogens with zero attached hydrogens (tertiary/aromatic N) is 2. The Morgan fingerprint density at radius 2 is 1.67 bits per heavy atom. The molecule has 0 unspecified atom stereocenters. The first-order valence-corrected chi connectivity index (χ1v) is 8.68. The largest absolute Gasteiger partial charge is 0.382 e. The highest BCUT2D eigenvalue weighted by molar-refractivity contribution is 5.82. The molecule has 8 nitrogen and oxygen atoms in total. The minimum absolute atomic E-state index is 0.107. The zero-order valence-electron chi connectivity index (χ0n) is 14.5. The van der Waals surface area contributed by atoms with Gasteiger partial charge in [0.2, 0.25) is 5.91 Å². The van der Waals surface area contributed by atoms with Gasteiger partial charge in [-0.25, -0.2) is 4.79 Å². The van der Waals surface area contributed by atoms with Crippen LogP contribution >= 0.6 is 0 Å². The summed E-state index contributed by atoms with van der Waals surface area (Å²) in [5.74, 6) is 0.412. The van der Waals surface area contributed by atoms with Gasteiger partial charge in [-0.1, -0.05) is 0 Å². The lowest BCUT2D eigenvalue weighted by Crippen LogP contribution is -2.41. The third-order valence-corrected chi connectivity index (χ3v) is 4.05. The molecule has 138 valence electrons. The van der Waals surface area contributed by atoms with Crippen LogP contribution in [-0.2, 0) is 19.0 Å². The van der Waals surface area contributed by atoms with Crippen LogP contribution in [0.5, 0.6) is 0 Å². The molecule has 0 spiro atoms. The Kier molecular flexibility index (Phi) is 8.27. The number of hydrogen-bond donors (Lipinski definition) is 1. The van der Waals surface area contributed by atoms with Gasteiger partial charge in [0, 0.05) is 39.3 Å². The lowest BCUT2D eigenvalue weighted by Gasteiger charge is -2.18. The molecule has 2 rings (SSSR count). The zero-order chi connectivity index (χ0) is 17.2. The topological polar surface area (TPSA) is 80.3 Å². The Bertz CT molecular complexity index is 403. The zero-order valence-corrected chi connectivity index (χ0v) is 14.5. The molecule has 0 aromatic carbocycles. The first-order valence-electron chi connectivity index (χ1n) is 8.68. The van der Waals surface area contributed by atoms with E-state index >= 15 is 0 Å². The Balaban J connectivity index is 1.43. The van der Waals surface area contributed by atoms with E-state index < -0.39 is 0 Å². The Hall–Kier alpha value is -1.38. The van der Waals surface area contributed by atoms with Gasteiger partial charge in [-0.3, -0.25) is 4.79 Å². The molecule has 0 aromatic rings. The van der Waals surface area contributed by atoms with Gasteiger partial charge in [0.05, 0.1) is 33.1 Å². The van der Waals surface area contributed by atoms with Crippen molar-refractivity contribution in [2.24, 2.45) is 5.92 Å². The molecule has 1 heterocycles. The van der Waals surface area contributed by atoms with Crippen molar-refractivity contribution in [2.75, 3.05) is 66.4 Å². The molecule has 8 heteroatoms. The molecule has 3 amide bonds. The monoisotopic (exact) mass is 343 g/mol. The molecule has 1 aliphatic carbocycles. The van der Waals surface area contributed by atoms with E-state index in [1.807, 2.05) is 0 Å².